The van der Waals surface area contributed by atoms with Crippen molar-refractivity contribution in [3.05, 3.63) is 36.0 Å². The maximum absolute atomic E-state index is 9.21. The lowest BCUT2D eigenvalue weighted by Crippen LogP contribution is -2.03. The Morgan fingerprint density at radius 3 is 2.79 bits per heavy atom. The molecule has 0 saturated carbocycles. The van der Waals surface area contributed by atoms with Gasteiger partial charge in [-0.3, -0.25) is 0 Å². The third-order valence-electron chi connectivity index (χ3n) is 2.37. The fourth-order valence-corrected chi connectivity index (χ4v) is 2.10. The van der Waals surface area contributed by atoms with Crippen molar-refractivity contribution in [2.75, 3.05) is 5.33 Å². The first-order chi connectivity index (χ1) is 6.86. The molecule has 2 nitrogen and oxygen atoms in total. The summed E-state index contributed by atoms with van der Waals surface area (Å²) in [7, 11) is 0. The number of para-hydroxylation sites is 1. The lowest BCUT2D eigenvalue weighted by atomic mass is 10.2. The molecule has 2 aromatic rings. The number of rotatable bonds is 3. The topological polar surface area (TPSA) is 25.2 Å². The fraction of sp³-hybridized carbons (Fsp3) is 0.273. The zero-order valence-corrected chi connectivity index (χ0v) is 9.37. The normalized spacial score (nSPS) is 11.0. The molecule has 3 heteroatoms. The maximum atomic E-state index is 9.21. The molecular weight excluding hydrogens is 242 g/mol. The van der Waals surface area contributed by atoms with Gasteiger partial charge in [-0.2, -0.15) is 0 Å². The van der Waals surface area contributed by atoms with Crippen LogP contribution in [0.3, 0.4) is 0 Å². The van der Waals surface area contributed by atoms with Crippen LogP contribution in [-0.4, -0.2) is 15.0 Å². The molecule has 0 aliphatic rings. The predicted molar refractivity (Wildman–Crippen MR) is 61.7 cm³/mol. The van der Waals surface area contributed by atoms with Gasteiger partial charge in [0.2, 0.25) is 0 Å². The Morgan fingerprint density at radius 1 is 1.29 bits per heavy atom. The zero-order chi connectivity index (χ0) is 9.97. The monoisotopic (exact) mass is 253 g/mol. The smallest absolute Gasteiger partial charge is 0.0833 e. The molecule has 0 spiro atoms. The third-order valence-corrected chi connectivity index (χ3v) is 2.72. The first-order valence-corrected chi connectivity index (χ1v) is 5.73. The van der Waals surface area contributed by atoms with Crippen molar-refractivity contribution in [2.24, 2.45) is 0 Å². The van der Waals surface area contributed by atoms with Gasteiger partial charge in [-0.05, 0) is 17.5 Å². The van der Waals surface area contributed by atoms with Gasteiger partial charge < -0.3 is 9.67 Å². The van der Waals surface area contributed by atoms with E-state index in [2.05, 4.69) is 32.6 Å². The van der Waals surface area contributed by atoms with Crippen molar-refractivity contribution in [3.8, 4) is 0 Å². The maximum Gasteiger partial charge on any atom is 0.0833 e. The largest absolute Gasteiger partial charge is 0.390 e. The van der Waals surface area contributed by atoms with Crippen molar-refractivity contribution in [3.63, 3.8) is 0 Å². The SMILES string of the molecule is OCc1cc2ccccc2n1CCBr. The third kappa shape index (κ3) is 1.57. The van der Waals surface area contributed by atoms with Gasteiger partial charge in [-0.15, -0.1) is 0 Å². The van der Waals surface area contributed by atoms with Crippen molar-refractivity contribution >= 4 is 26.8 Å². The van der Waals surface area contributed by atoms with Crippen LogP contribution in [0.4, 0.5) is 0 Å². The van der Waals surface area contributed by atoms with Crippen LogP contribution in [0.1, 0.15) is 5.69 Å². The minimum absolute atomic E-state index is 0.0989. The number of aromatic nitrogens is 1. The summed E-state index contributed by atoms with van der Waals surface area (Å²) in [6, 6.07) is 10.2. The van der Waals surface area contributed by atoms with Crippen molar-refractivity contribution in [2.45, 2.75) is 13.2 Å². The number of alkyl halides is 1. The molecule has 2 rings (SSSR count). The van der Waals surface area contributed by atoms with Crippen LogP contribution in [-0.2, 0) is 13.2 Å². The first-order valence-electron chi connectivity index (χ1n) is 4.61. The van der Waals surface area contributed by atoms with Gasteiger partial charge in [0, 0.05) is 23.1 Å². The van der Waals surface area contributed by atoms with Crippen LogP contribution in [0.2, 0.25) is 0 Å². The van der Waals surface area contributed by atoms with E-state index >= 15 is 0 Å². The number of halogens is 1. The molecule has 1 N–H and O–H groups in total. The van der Waals surface area contributed by atoms with E-state index in [1.807, 2.05) is 18.2 Å². The summed E-state index contributed by atoms with van der Waals surface area (Å²) in [6.07, 6.45) is 0. The highest BCUT2D eigenvalue weighted by atomic mass is 79.9. The van der Waals surface area contributed by atoms with Gasteiger partial charge >= 0.3 is 0 Å². The van der Waals surface area contributed by atoms with Gasteiger partial charge in [0.1, 0.15) is 0 Å². The predicted octanol–water partition coefficient (Wildman–Crippen LogP) is 2.53. The van der Waals surface area contributed by atoms with Gasteiger partial charge in [0.15, 0.2) is 0 Å². The Bertz CT molecular complexity index is 436. The Morgan fingerprint density at radius 2 is 2.07 bits per heavy atom. The van der Waals surface area contributed by atoms with Gasteiger partial charge in [0.05, 0.1) is 6.61 Å². The summed E-state index contributed by atoms with van der Waals surface area (Å²) in [6.45, 7) is 0.991. The van der Waals surface area contributed by atoms with E-state index in [1.54, 1.807) is 0 Å². The van der Waals surface area contributed by atoms with Gasteiger partial charge in [-0.25, -0.2) is 0 Å². The van der Waals surface area contributed by atoms with Crippen molar-refractivity contribution < 1.29 is 5.11 Å². The van der Waals surface area contributed by atoms with Crippen LogP contribution < -0.4 is 0 Å². The second-order valence-corrected chi connectivity index (χ2v) is 3.99. The van der Waals surface area contributed by atoms with E-state index in [4.69, 9.17) is 0 Å². The molecule has 0 bridgehead atoms. The molecule has 1 aromatic heterocycles. The number of aliphatic hydroxyl groups is 1. The lowest BCUT2D eigenvalue weighted by molar-refractivity contribution is 0.272. The highest BCUT2D eigenvalue weighted by Gasteiger charge is 2.05. The molecule has 0 saturated heterocycles. The van der Waals surface area contributed by atoms with Crippen LogP contribution >= 0.6 is 15.9 Å². The van der Waals surface area contributed by atoms with Crippen LogP contribution in [0, 0.1) is 0 Å². The second kappa shape index (κ2) is 4.15. The molecule has 0 amide bonds. The van der Waals surface area contributed by atoms with Crippen molar-refractivity contribution in [1.82, 2.24) is 4.57 Å². The number of hydrogen-bond donors (Lipinski definition) is 1. The first kappa shape index (κ1) is 9.74. The van der Waals surface area contributed by atoms with Crippen molar-refractivity contribution in [1.29, 1.82) is 0 Å². The highest BCUT2D eigenvalue weighted by Crippen LogP contribution is 2.19. The molecular formula is C11H12BrNO. The standard InChI is InChI=1S/C11H12BrNO/c12-5-6-13-10(8-14)7-9-3-1-2-4-11(9)13/h1-4,7,14H,5-6,8H2. The van der Waals surface area contributed by atoms with Crippen LogP contribution in [0.15, 0.2) is 30.3 Å². The molecule has 0 aliphatic heterocycles. The quantitative estimate of drug-likeness (QED) is 0.836. The van der Waals surface area contributed by atoms with E-state index in [0.29, 0.717) is 0 Å². The number of benzene rings is 1. The minimum atomic E-state index is 0.0989. The number of fused-ring (bicyclic) bond motifs is 1. The molecule has 1 aromatic carbocycles. The Hall–Kier alpha value is -0.800. The minimum Gasteiger partial charge on any atom is -0.390 e. The molecule has 74 valence electrons. The molecule has 1 heterocycles. The number of aryl methyl sites for hydroxylation is 1. The van der Waals surface area contributed by atoms with Gasteiger partial charge in [-0.1, -0.05) is 34.1 Å². The Labute approximate surface area is 91.3 Å². The van der Waals surface area contributed by atoms with E-state index in [1.165, 1.54) is 10.9 Å². The molecule has 0 fully saturated rings. The van der Waals surface area contributed by atoms with Gasteiger partial charge in [0.25, 0.3) is 0 Å². The second-order valence-electron chi connectivity index (χ2n) is 3.19. The Balaban J connectivity index is 2.61. The molecule has 14 heavy (non-hydrogen) atoms. The summed E-state index contributed by atoms with van der Waals surface area (Å²) in [4.78, 5) is 0. The summed E-state index contributed by atoms with van der Waals surface area (Å²) < 4.78 is 2.14. The number of nitrogens with zero attached hydrogens (tertiary/aromatic N) is 1. The molecule has 0 radical (unpaired) electrons. The summed E-state index contributed by atoms with van der Waals surface area (Å²) >= 11 is 3.42. The molecule has 0 atom stereocenters. The average Bonchev–Trinajstić information content (AvgIpc) is 2.58. The van der Waals surface area contributed by atoms with E-state index in [0.717, 1.165) is 17.6 Å². The highest BCUT2D eigenvalue weighted by molar-refractivity contribution is 9.09. The zero-order valence-electron chi connectivity index (χ0n) is 7.78. The summed E-state index contributed by atoms with van der Waals surface area (Å²) in [5.41, 5.74) is 2.17. The van der Waals surface area contributed by atoms with E-state index in [-0.39, 0.29) is 6.61 Å². The molecule has 0 unspecified atom stereocenters. The summed E-state index contributed by atoms with van der Waals surface area (Å²) in [5.74, 6) is 0. The average molecular weight is 254 g/mol. The lowest BCUT2D eigenvalue weighted by Gasteiger charge is -2.06. The van der Waals surface area contributed by atoms with Crippen LogP contribution in [0.5, 0.6) is 0 Å². The van der Waals surface area contributed by atoms with E-state index in [9.17, 15) is 5.11 Å². The molecule has 0 aliphatic carbocycles. The fourth-order valence-electron chi connectivity index (χ4n) is 1.75. The van der Waals surface area contributed by atoms with E-state index < -0.39 is 0 Å². The summed E-state index contributed by atoms with van der Waals surface area (Å²) in [5, 5.41) is 11.3. The van der Waals surface area contributed by atoms with Crippen LogP contribution in [0.25, 0.3) is 10.9 Å². The Kier molecular flexibility index (Phi) is 2.89. The number of hydrogen-bond acceptors (Lipinski definition) is 1. The number of aliphatic hydroxyl groups excluding tert-OH is 1.